The van der Waals surface area contributed by atoms with Crippen molar-refractivity contribution in [1.82, 2.24) is 14.8 Å². The highest BCUT2D eigenvalue weighted by Crippen LogP contribution is 2.30. The van der Waals surface area contributed by atoms with Crippen LogP contribution in [-0.4, -0.2) is 33.2 Å². The highest BCUT2D eigenvalue weighted by Gasteiger charge is 2.39. The minimum absolute atomic E-state index is 0.102. The fourth-order valence-corrected chi connectivity index (χ4v) is 3.50. The molecule has 1 fully saturated rings. The number of benzene rings is 1. The van der Waals surface area contributed by atoms with Gasteiger partial charge in [-0.2, -0.15) is 0 Å². The minimum atomic E-state index is -0.617. The zero-order chi connectivity index (χ0) is 18.4. The molecule has 4 rings (SSSR count). The number of pyridine rings is 1. The highest BCUT2D eigenvalue weighted by molar-refractivity contribution is 6.05. The van der Waals surface area contributed by atoms with E-state index in [4.69, 9.17) is 0 Å². The molecule has 132 valence electrons. The number of nitrogens with one attached hydrogen (secondary N) is 1. The summed E-state index contributed by atoms with van der Waals surface area (Å²) >= 11 is 0. The Morgan fingerprint density at radius 1 is 1.04 bits per heavy atom. The average Bonchev–Trinajstić information content (AvgIpc) is 2.93. The van der Waals surface area contributed by atoms with E-state index in [2.05, 4.69) is 5.32 Å². The highest BCUT2D eigenvalue weighted by atomic mass is 16.2. The van der Waals surface area contributed by atoms with Crippen LogP contribution in [0, 0.1) is 0 Å². The Morgan fingerprint density at radius 3 is 2.54 bits per heavy atom. The first-order chi connectivity index (χ1) is 12.4. The van der Waals surface area contributed by atoms with Crippen molar-refractivity contribution < 1.29 is 14.4 Å². The molecule has 1 aromatic heterocycles. The van der Waals surface area contributed by atoms with Crippen molar-refractivity contribution in [1.29, 1.82) is 0 Å². The normalized spacial score (nSPS) is 19.5. The van der Waals surface area contributed by atoms with E-state index in [1.165, 1.54) is 15.5 Å². The molecule has 3 heterocycles. The third-order valence-electron chi connectivity index (χ3n) is 4.95. The van der Waals surface area contributed by atoms with Gasteiger partial charge in [-0.3, -0.25) is 24.5 Å². The van der Waals surface area contributed by atoms with E-state index < -0.39 is 11.9 Å². The van der Waals surface area contributed by atoms with Crippen LogP contribution in [0.4, 0.5) is 0 Å². The van der Waals surface area contributed by atoms with E-state index in [-0.39, 0.29) is 23.8 Å². The van der Waals surface area contributed by atoms with Crippen molar-refractivity contribution >= 4 is 17.7 Å². The number of hydrogen-bond acceptors (Lipinski definition) is 4. The molecule has 1 aromatic carbocycles. The van der Waals surface area contributed by atoms with Gasteiger partial charge in [0, 0.05) is 37.8 Å². The molecule has 7 heteroatoms. The molecule has 26 heavy (non-hydrogen) atoms. The predicted octanol–water partition coefficient (Wildman–Crippen LogP) is 0.813. The molecule has 0 bridgehead atoms. The predicted molar refractivity (Wildman–Crippen MR) is 93.2 cm³/mol. The third kappa shape index (κ3) is 2.61. The van der Waals surface area contributed by atoms with Crippen LogP contribution < -0.4 is 10.9 Å². The summed E-state index contributed by atoms with van der Waals surface area (Å²) in [6, 6.07) is 8.17. The van der Waals surface area contributed by atoms with Crippen molar-refractivity contribution in [2.45, 2.75) is 25.4 Å². The Kier molecular flexibility index (Phi) is 3.72. The number of fused-ring (bicyclic) bond motifs is 1. The van der Waals surface area contributed by atoms with E-state index in [9.17, 15) is 19.2 Å². The molecule has 1 N–H and O–H groups in total. The molecule has 2 aliphatic rings. The minimum Gasteiger partial charge on any atom is -0.322 e. The van der Waals surface area contributed by atoms with Crippen LogP contribution in [0.3, 0.4) is 0 Å². The van der Waals surface area contributed by atoms with Crippen molar-refractivity contribution in [2.24, 2.45) is 7.05 Å². The smallest absolute Gasteiger partial charge is 0.255 e. The standard InChI is InChI=1S/C19H17N3O4/c1-21-9-12(4-7-17(21)24)11-2-3-13-10-22(19(26)14(13)8-11)15-5-6-16(23)20-18(15)25/h2-4,7-9,15H,5-6,10H2,1H3,(H,20,23,25). The fourth-order valence-electron chi connectivity index (χ4n) is 3.50. The lowest BCUT2D eigenvalue weighted by Gasteiger charge is -2.29. The van der Waals surface area contributed by atoms with Crippen molar-refractivity contribution in [3.63, 3.8) is 0 Å². The molecule has 0 spiro atoms. The Bertz CT molecular complexity index is 1010. The van der Waals surface area contributed by atoms with Gasteiger partial charge in [0.2, 0.25) is 17.4 Å². The molecule has 1 saturated heterocycles. The van der Waals surface area contributed by atoms with Gasteiger partial charge in [-0.05, 0) is 35.2 Å². The van der Waals surface area contributed by atoms with Crippen LogP contribution in [0.1, 0.15) is 28.8 Å². The second-order valence-electron chi connectivity index (χ2n) is 6.64. The summed E-state index contributed by atoms with van der Waals surface area (Å²) in [5, 5.41) is 2.30. The van der Waals surface area contributed by atoms with E-state index in [0.29, 0.717) is 18.5 Å². The fraction of sp³-hybridized carbons (Fsp3) is 0.263. The van der Waals surface area contributed by atoms with Crippen molar-refractivity contribution in [2.75, 3.05) is 0 Å². The molecule has 0 saturated carbocycles. The van der Waals surface area contributed by atoms with Crippen molar-refractivity contribution in [3.8, 4) is 11.1 Å². The number of aryl methyl sites for hydroxylation is 1. The lowest BCUT2D eigenvalue weighted by molar-refractivity contribution is -0.136. The van der Waals surface area contributed by atoms with E-state index in [1.807, 2.05) is 12.1 Å². The number of aromatic nitrogens is 1. The summed E-state index contributed by atoms with van der Waals surface area (Å²) < 4.78 is 1.49. The molecule has 2 aliphatic heterocycles. The maximum Gasteiger partial charge on any atom is 0.255 e. The first kappa shape index (κ1) is 16.3. The number of rotatable bonds is 2. The van der Waals surface area contributed by atoms with Gasteiger partial charge in [0.25, 0.3) is 5.91 Å². The van der Waals surface area contributed by atoms with Gasteiger partial charge in [-0.1, -0.05) is 12.1 Å². The maximum absolute atomic E-state index is 12.8. The van der Waals surface area contributed by atoms with Crippen LogP contribution in [0.25, 0.3) is 11.1 Å². The average molecular weight is 351 g/mol. The molecular formula is C19H17N3O4. The second-order valence-corrected chi connectivity index (χ2v) is 6.64. The summed E-state index contributed by atoms with van der Waals surface area (Å²) in [7, 11) is 1.68. The lowest BCUT2D eigenvalue weighted by atomic mass is 10.0. The number of nitrogens with zero attached hydrogens (tertiary/aromatic N) is 2. The van der Waals surface area contributed by atoms with E-state index in [0.717, 1.165) is 16.7 Å². The van der Waals surface area contributed by atoms with Gasteiger partial charge in [-0.15, -0.1) is 0 Å². The molecular weight excluding hydrogens is 334 g/mol. The monoisotopic (exact) mass is 351 g/mol. The van der Waals surface area contributed by atoms with Crippen LogP contribution >= 0.6 is 0 Å². The molecule has 0 radical (unpaired) electrons. The SMILES string of the molecule is Cn1cc(-c2ccc3c(c2)C(=O)N(C2CCC(=O)NC2=O)C3)ccc1=O. The van der Waals surface area contributed by atoms with E-state index >= 15 is 0 Å². The molecule has 1 unspecified atom stereocenters. The van der Waals surface area contributed by atoms with E-state index in [1.54, 1.807) is 25.4 Å². The Hall–Kier alpha value is -3.22. The van der Waals surface area contributed by atoms with Gasteiger partial charge < -0.3 is 9.47 Å². The van der Waals surface area contributed by atoms with Gasteiger partial charge in [0.05, 0.1) is 0 Å². The summed E-state index contributed by atoms with van der Waals surface area (Å²) in [4.78, 5) is 49.3. The summed E-state index contributed by atoms with van der Waals surface area (Å²) in [5.41, 5.74) is 2.98. The molecule has 2 aromatic rings. The number of piperidine rings is 1. The van der Waals surface area contributed by atoms with Gasteiger partial charge in [-0.25, -0.2) is 0 Å². The molecule has 7 nitrogen and oxygen atoms in total. The van der Waals surface area contributed by atoms with Gasteiger partial charge in [0.1, 0.15) is 6.04 Å². The second kappa shape index (κ2) is 5.94. The van der Waals surface area contributed by atoms with Crippen LogP contribution in [0.15, 0.2) is 41.3 Å². The van der Waals surface area contributed by atoms with Crippen LogP contribution in [-0.2, 0) is 23.2 Å². The summed E-state index contributed by atoms with van der Waals surface area (Å²) in [5.74, 6) is -0.922. The number of carbonyl (C=O) groups is 3. The number of hydrogen-bond donors (Lipinski definition) is 1. The summed E-state index contributed by atoms with van der Waals surface area (Å²) in [6.07, 6.45) is 2.30. The Labute approximate surface area is 149 Å². The Balaban J connectivity index is 1.65. The zero-order valence-corrected chi connectivity index (χ0v) is 14.2. The first-order valence-corrected chi connectivity index (χ1v) is 8.38. The number of carbonyl (C=O) groups excluding carboxylic acids is 3. The molecule has 3 amide bonds. The maximum atomic E-state index is 12.8. The Morgan fingerprint density at radius 2 is 1.81 bits per heavy atom. The van der Waals surface area contributed by atoms with Crippen LogP contribution in [0.2, 0.25) is 0 Å². The first-order valence-electron chi connectivity index (χ1n) is 8.38. The topological polar surface area (TPSA) is 88.5 Å². The molecule has 0 aliphatic carbocycles. The third-order valence-corrected chi connectivity index (χ3v) is 4.95. The zero-order valence-electron chi connectivity index (χ0n) is 14.2. The largest absolute Gasteiger partial charge is 0.322 e. The van der Waals surface area contributed by atoms with Crippen LogP contribution in [0.5, 0.6) is 0 Å². The summed E-state index contributed by atoms with van der Waals surface area (Å²) in [6.45, 7) is 0.355. The quantitative estimate of drug-likeness (QED) is 0.811. The van der Waals surface area contributed by atoms with Gasteiger partial charge in [0.15, 0.2) is 0 Å². The lowest BCUT2D eigenvalue weighted by Crippen LogP contribution is -2.52. The number of amides is 3. The van der Waals surface area contributed by atoms with Crippen molar-refractivity contribution in [3.05, 3.63) is 58.0 Å². The van der Waals surface area contributed by atoms with Gasteiger partial charge >= 0.3 is 0 Å². The number of imide groups is 1. The molecule has 1 atom stereocenters.